The monoisotopic (exact) mass is 395 g/mol. The molecule has 0 unspecified atom stereocenters. The SMILES string of the molecule is O=C(CCCN1C(=O)c2ccccc2C1=O)Nc1cc(N2CCCC2)ccc1F. The first-order chi connectivity index (χ1) is 14.0. The first kappa shape index (κ1) is 19.1. The molecule has 0 aliphatic carbocycles. The highest BCUT2D eigenvalue weighted by molar-refractivity contribution is 6.21. The third-order valence-electron chi connectivity index (χ3n) is 5.36. The van der Waals surface area contributed by atoms with Gasteiger partial charge in [0.25, 0.3) is 11.8 Å². The molecule has 2 aliphatic heterocycles. The first-order valence-electron chi connectivity index (χ1n) is 9.84. The summed E-state index contributed by atoms with van der Waals surface area (Å²) < 4.78 is 14.1. The largest absolute Gasteiger partial charge is 0.371 e. The van der Waals surface area contributed by atoms with Gasteiger partial charge in [-0.25, -0.2) is 4.39 Å². The first-order valence-corrected chi connectivity index (χ1v) is 9.84. The molecular weight excluding hydrogens is 373 g/mol. The van der Waals surface area contributed by atoms with Gasteiger partial charge in [-0.3, -0.25) is 19.3 Å². The number of carbonyl (C=O) groups excluding carboxylic acids is 3. The van der Waals surface area contributed by atoms with Crippen molar-refractivity contribution in [2.24, 2.45) is 0 Å². The number of benzene rings is 2. The van der Waals surface area contributed by atoms with Crippen LogP contribution in [0, 0.1) is 5.82 Å². The van der Waals surface area contributed by atoms with Gasteiger partial charge in [0.15, 0.2) is 0 Å². The number of hydrogen-bond donors (Lipinski definition) is 1. The minimum atomic E-state index is -0.485. The normalized spacial score (nSPS) is 15.8. The molecule has 0 radical (unpaired) electrons. The average molecular weight is 395 g/mol. The van der Waals surface area contributed by atoms with Crippen molar-refractivity contribution in [1.82, 2.24) is 4.90 Å². The lowest BCUT2D eigenvalue weighted by Gasteiger charge is -2.19. The molecule has 0 atom stereocenters. The van der Waals surface area contributed by atoms with Crippen molar-refractivity contribution >= 4 is 29.1 Å². The summed E-state index contributed by atoms with van der Waals surface area (Å²) in [5.74, 6) is -1.51. The van der Waals surface area contributed by atoms with Crippen LogP contribution in [0.15, 0.2) is 42.5 Å². The second kappa shape index (κ2) is 8.03. The van der Waals surface area contributed by atoms with E-state index < -0.39 is 5.82 Å². The summed E-state index contributed by atoms with van der Waals surface area (Å²) in [5.41, 5.74) is 1.83. The Labute approximate surface area is 168 Å². The topological polar surface area (TPSA) is 69.7 Å². The predicted molar refractivity (Wildman–Crippen MR) is 108 cm³/mol. The summed E-state index contributed by atoms with van der Waals surface area (Å²) in [7, 11) is 0. The molecule has 0 bridgehead atoms. The van der Waals surface area contributed by atoms with Crippen LogP contribution in [0.3, 0.4) is 0 Å². The number of hydrogen-bond acceptors (Lipinski definition) is 4. The number of nitrogens with zero attached hydrogens (tertiary/aromatic N) is 2. The van der Waals surface area contributed by atoms with Crippen LogP contribution in [0.1, 0.15) is 46.4 Å². The van der Waals surface area contributed by atoms with Crippen molar-refractivity contribution in [3.8, 4) is 0 Å². The van der Waals surface area contributed by atoms with Crippen LogP contribution in [0.4, 0.5) is 15.8 Å². The summed E-state index contributed by atoms with van der Waals surface area (Å²) in [6.07, 6.45) is 2.61. The molecule has 2 aromatic rings. The number of fused-ring (bicyclic) bond motifs is 1. The molecule has 2 aliphatic rings. The lowest BCUT2D eigenvalue weighted by atomic mass is 10.1. The molecule has 29 heavy (non-hydrogen) atoms. The zero-order valence-corrected chi connectivity index (χ0v) is 16.0. The van der Waals surface area contributed by atoms with E-state index >= 15 is 0 Å². The van der Waals surface area contributed by atoms with Crippen molar-refractivity contribution in [3.05, 3.63) is 59.4 Å². The number of anilines is 2. The Bertz CT molecular complexity index is 935. The Morgan fingerprint density at radius 2 is 1.66 bits per heavy atom. The fourth-order valence-corrected chi connectivity index (χ4v) is 3.83. The van der Waals surface area contributed by atoms with Crippen LogP contribution in [-0.4, -0.2) is 42.3 Å². The van der Waals surface area contributed by atoms with Crippen molar-refractivity contribution < 1.29 is 18.8 Å². The molecule has 2 aromatic carbocycles. The van der Waals surface area contributed by atoms with Gasteiger partial charge in [-0.2, -0.15) is 0 Å². The molecule has 0 saturated carbocycles. The molecule has 3 amide bonds. The van der Waals surface area contributed by atoms with E-state index in [1.807, 2.05) is 0 Å². The maximum absolute atomic E-state index is 14.1. The van der Waals surface area contributed by atoms with Gasteiger partial charge >= 0.3 is 0 Å². The van der Waals surface area contributed by atoms with Crippen molar-refractivity contribution in [1.29, 1.82) is 0 Å². The lowest BCUT2D eigenvalue weighted by Crippen LogP contribution is -2.31. The smallest absolute Gasteiger partial charge is 0.261 e. The molecule has 0 spiro atoms. The Kier molecular flexibility index (Phi) is 5.29. The Balaban J connectivity index is 1.33. The highest BCUT2D eigenvalue weighted by atomic mass is 19.1. The molecule has 0 aromatic heterocycles. The summed E-state index contributed by atoms with van der Waals surface area (Å²) in [5, 5.41) is 2.61. The molecule has 7 heteroatoms. The number of carbonyl (C=O) groups is 3. The fourth-order valence-electron chi connectivity index (χ4n) is 3.83. The summed E-state index contributed by atoms with van der Waals surface area (Å²) in [6.45, 7) is 2.01. The van der Waals surface area contributed by atoms with Gasteiger partial charge in [0, 0.05) is 31.7 Å². The van der Waals surface area contributed by atoms with Crippen LogP contribution in [0.25, 0.3) is 0 Å². The van der Waals surface area contributed by atoms with Crippen molar-refractivity contribution in [3.63, 3.8) is 0 Å². The quantitative estimate of drug-likeness (QED) is 0.761. The van der Waals surface area contributed by atoms with E-state index in [0.29, 0.717) is 17.5 Å². The Morgan fingerprint density at radius 3 is 2.31 bits per heavy atom. The minimum absolute atomic E-state index is 0.0841. The predicted octanol–water partition coefficient (Wildman–Crippen LogP) is 3.44. The highest BCUT2D eigenvalue weighted by Crippen LogP contribution is 2.26. The van der Waals surface area contributed by atoms with Crippen molar-refractivity contribution in [2.75, 3.05) is 29.9 Å². The average Bonchev–Trinajstić information content (AvgIpc) is 3.33. The second-order valence-electron chi connectivity index (χ2n) is 7.32. The standard InChI is InChI=1S/C22H22FN3O3/c23-18-10-9-15(25-11-3-4-12-25)14-19(18)24-20(27)8-5-13-26-21(28)16-6-1-2-7-17(16)22(26)29/h1-2,6-7,9-10,14H,3-5,8,11-13H2,(H,24,27). The van der Waals surface area contributed by atoms with Crippen LogP contribution in [0.2, 0.25) is 0 Å². The second-order valence-corrected chi connectivity index (χ2v) is 7.32. The van der Waals surface area contributed by atoms with Gasteiger partial charge in [0.05, 0.1) is 16.8 Å². The van der Waals surface area contributed by atoms with Crippen LogP contribution < -0.4 is 10.2 Å². The van der Waals surface area contributed by atoms with E-state index in [1.165, 1.54) is 6.07 Å². The number of halogens is 1. The maximum Gasteiger partial charge on any atom is 0.261 e. The van der Waals surface area contributed by atoms with E-state index in [-0.39, 0.29) is 36.4 Å². The van der Waals surface area contributed by atoms with E-state index in [1.54, 1.807) is 36.4 Å². The summed E-state index contributed by atoms with van der Waals surface area (Å²) in [6, 6.07) is 11.4. The molecule has 6 nitrogen and oxygen atoms in total. The van der Waals surface area contributed by atoms with Crippen molar-refractivity contribution in [2.45, 2.75) is 25.7 Å². The molecule has 1 N–H and O–H groups in total. The zero-order valence-electron chi connectivity index (χ0n) is 16.0. The third-order valence-corrected chi connectivity index (χ3v) is 5.36. The van der Waals surface area contributed by atoms with Crippen LogP contribution in [-0.2, 0) is 4.79 Å². The summed E-state index contributed by atoms with van der Waals surface area (Å²) in [4.78, 5) is 40.3. The van der Waals surface area contributed by atoms with Gasteiger partial charge in [0.1, 0.15) is 5.82 Å². The minimum Gasteiger partial charge on any atom is -0.371 e. The molecule has 150 valence electrons. The van der Waals surface area contributed by atoms with Gasteiger partial charge in [-0.15, -0.1) is 0 Å². The summed E-state index contributed by atoms with van der Waals surface area (Å²) >= 11 is 0. The number of amides is 3. The van der Waals surface area contributed by atoms with Gasteiger partial charge < -0.3 is 10.2 Å². The van der Waals surface area contributed by atoms with Crippen LogP contribution in [0.5, 0.6) is 0 Å². The van der Waals surface area contributed by atoms with E-state index in [0.717, 1.165) is 36.5 Å². The highest BCUT2D eigenvalue weighted by Gasteiger charge is 2.34. The number of rotatable bonds is 6. The van der Waals surface area contributed by atoms with Crippen LogP contribution >= 0.6 is 0 Å². The molecule has 1 fully saturated rings. The Morgan fingerprint density at radius 1 is 1.00 bits per heavy atom. The number of nitrogens with one attached hydrogen (secondary N) is 1. The Hall–Kier alpha value is -3.22. The molecule has 4 rings (SSSR count). The molecule has 2 heterocycles. The van der Waals surface area contributed by atoms with E-state index in [9.17, 15) is 18.8 Å². The molecular formula is C22H22FN3O3. The van der Waals surface area contributed by atoms with E-state index in [2.05, 4.69) is 10.2 Å². The van der Waals surface area contributed by atoms with E-state index in [4.69, 9.17) is 0 Å². The zero-order chi connectivity index (χ0) is 20.4. The molecule has 1 saturated heterocycles. The fraction of sp³-hybridized carbons (Fsp3) is 0.318. The van der Waals surface area contributed by atoms with Gasteiger partial charge in [0.2, 0.25) is 5.91 Å². The number of imide groups is 1. The van der Waals surface area contributed by atoms with Gasteiger partial charge in [-0.1, -0.05) is 12.1 Å². The maximum atomic E-state index is 14.1. The third kappa shape index (κ3) is 3.85. The lowest BCUT2D eigenvalue weighted by molar-refractivity contribution is -0.116. The van der Waals surface area contributed by atoms with Gasteiger partial charge in [-0.05, 0) is 49.6 Å².